The monoisotopic (exact) mass is 209 g/mol. The Hall–Kier alpha value is -1.26. The van der Waals surface area contributed by atoms with Gasteiger partial charge in [-0.25, -0.2) is 0 Å². The normalized spacial score (nSPS) is 25.0. The molecule has 0 aliphatic carbocycles. The van der Waals surface area contributed by atoms with E-state index in [0.29, 0.717) is 30.1 Å². The zero-order valence-electron chi connectivity index (χ0n) is 8.64. The van der Waals surface area contributed by atoms with Gasteiger partial charge in [-0.05, 0) is 12.5 Å². The molecule has 0 saturated heterocycles. The van der Waals surface area contributed by atoms with Crippen LogP contribution < -0.4 is 15.2 Å². The van der Waals surface area contributed by atoms with Gasteiger partial charge in [0.1, 0.15) is 0 Å². The molecule has 82 valence electrons. The lowest BCUT2D eigenvalue weighted by Gasteiger charge is -2.16. The molecule has 1 aliphatic heterocycles. The minimum atomic E-state index is -0.683. The van der Waals surface area contributed by atoms with Gasteiger partial charge in [0, 0.05) is 11.6 Å². The summed E-state index contributed by atoms with van der Waals surface area (Å²) >= 11 is 0. The molecule has 0 spiro atoms. The number of fused-ring (bicyclic) bond motifs is 1. The smallest absolute Gasteiger partial charge is 0.166 e. The molecule has 0 bridgehead atoms. The van der Waals surface area contributed by atoms with Gasteiger partial charge in [-0.1, -0.05) is 12.1 Å². The summed E-state index contributed by atoms with van der Waals surface area (Å²) in [5, 5.41) is 9.97. The van der Waals surface area contributed by atoms with Crippen LogP contribution in [0.15, 0.2) is 18.2 Å². The van der Waals surface area contributed by atoms with Gasteiger partial charge in [0.2, 0.25) is 0 Å². The Morgan fingerprint density at radius 1 is 1.53 bits per heavy atom. The molecule has 2 atom stereocenters. The summed E-state index contributed by atoms with van der Waals surface area (Å²) in [6, 6.07) is 5.16. The second-order valence-corrected chi connectivity index (χ2v) is 3.62. The third-order valence-electron chi connectivity index (χ3n) is 2.65. The zero-order chi connectivity index (χ0) is 10.8. The van der Waals surface area contributed by atoms with Crippen LogP contribution in [0, 0.1) is 0 Å². The predicted molar refractivity (Wildman–Crippen MR) is 56.0 cm³/mol. The molecule has 1 aromatic carbocycles. The fourth-order valence-corrected chi connectivity index (χ4v) is 1.77. The van der Waals surface area contributed by atoms with E-state index < -0.39 is 6.10 Å². The van der Waals surface area contributed by atoms with E-state index in [4.69, 9.17) is 15.2 Å². The minimum Gasteiger partial charge on any atom is -0.493 e. The molecule has 0 saturated carbocycles. The molecule has 0 radical (unpaired) electrons. The molecule has 1 heterocycles. The second kappa shape index (κ2) is 4.08. The standard InChI is InChI=1S/C11H15NO3/c1-14-9-4-2-3-7-10(13)8(12)5-6-15-11(7)9/h2-4,8,10,13H,5-6,12H2,1H3/t8-,10-/m0/s1. The molecular formula is C11H15NO3. The van der Waals surface area contributed by atoms with E-state index in [0.717, 1.165) is 0 Å². The number of aliphatic hydroxyl groups excluding tert-OH is 1. The van der Waals surface area contributed by atoms with Crippen LogP contribution in [0.3, 0.4) is 0 Å². The molecule has 0 unspecified atom stereocenters. The van der Waals surface area contributed by atoms with Crippen molar-refractivity contribution in [3.05, 3.63) is 23.8 Å². The van der Waals surface area contributed by atoms with E-state index in [-0.39, 0.29) is 6.04 Å². The highest BCUT2D eigenvalue weighted by Crippen LogP contribution is 2.37. The topological polar surface area (TPSA) is 64.7 Å². The van der Waals surface area contributed by atoms with Gasteiger partial charge in [-0.2, -0.15) is 0 Å². The number of rotatable bonds is 1. The van der Waals surface area contributed by atoms with Crippen molar-refractivity contribution >= 4 is 0 Å². The summed E-state index contributed by atoms with van der Waals surface area (Å²) in [5.41, 5.74) is 6.52. The fourth-order valence-electron chi connectivity index (χ4n) is 1.77. The van der Waals surface area contributed by atoms with Crippen molar-refractivity contribution in [3.8, 4) is 11.5 Å². The van der Waals surface area contributed by atoms with Crippen LogP contribution in [-0.4, -0.2) is 24.9 Å². The quantitative estimate of drug-likeness (QED) is 0.719. The lowest BCUT2D eigenvalue weighted by molar-refractivity contribution is 0.144. The molecule has 1 aliphatic rings. The van der Waals surface area contributed by atoms with Crippen molar-refractivity contribution in [3.63, 3.8) is 0 Å². The summed E-state index contributed by atoms with van der Waals surface area (Å²) in [6.07, 6.45) is -0.0449. The number of ether oxygens (including phenoxy) is 2. The van der Waals surface area contributed by atoms with E-state index >= 15 is 0 Å². The lowest BCUT2D eigenvalue weighted by Crippen LogP contribution is -2.28. The van der Waals surface area contributed by atoms with Crippen LogP contribution in [0.4, 0.5) is 0 Å². The first kappa shape index (κ1) is 10.3. The fraction of sp³-hybridized carbons (Fsp3) is 0.455. The van der Waals surface area contributed by atoms with Crippen LogP contribution in [0.1, 0.15) is 18.1 Å². The van der Waals surface area contributed by atoms with Gasteiger partial charge < -0.3 is 20.3 Å². The number of methoxy groups -OCH3 is 1. The maximum atomic E-state index is 9.97. The molecule has 3 N–H and O–H groups in total. The maximum Gasteiger partial charge on any atom is 0.166 e. The number of nitrogens with two attached hydrogens (primary N) is 1. The van der Waals surface area contributed by atoms with Gasteiger partial charge in [0.25, 0.3) is 0 Å². The number of hydrogen-bond donors (Lipinski definition) is 2. The van der Waals surface area contributed by atoms with Crippen LogP contribution in [0.5, 0.6) is 11.5 Å². The van der Waals surface area contributed by atoms with Crippen LogP contribution in [0.25, 0.3) is 0 Å². The van der Waals surface area contributed by atoms with Gasteiger partial charge >= 0.3 is 0 Å². The van der Waals surface area contributed by atoms with E-state index in [1.165, 1.54) is 0 Å². The summed E-state index contributed by atoms with van der Waals surface area (Å²) in [5.74, 6) is 1.25. The van der Waals surface area contributed by atoms with Gasteiger partial charge in [0.05, 0.1) is 19.8 Å². The maximum absolute atomic E-state index is 9.97. The Bertz CT molecular complexity index is 354. The molecule has 4 heteroatoms. The van der Waals surface area contributed by atoms with Crippen molar-refractivity contribution in [2.45, 2.75) is 18.6 Å². The molecule has 15 heavy (non-hydrogen) atoms. The first-order valence-corrected chi connectivity index (χ1v) is 4.97. The number of para-hydroxylation sites is 1. The van der Waals surface area contributed by atoms with Crippen molar-refractivity contribution in [1.29, 1.82) is 0 Å². The summed E-state index contributed by atoms with van der Waals surface area (Å²) in [4.78, 5) is 0. The number of hydrogen-bond acceptors (Lipinski definition) is 4. The van der Waals surface area contributed by atoms with Gasteiger partial charge in [-0.15, -0.1) is 0 Å². The summed E-state index contributed by atoms with van der Waals surface area (Å²) in [6.45, 7) is 0.506. The Morgan fingerprint density at radius 2 is 2.33 bits per heavy atom. The van der Waals surface area contributed by atoms with E-state index in [2.05, 4.69) is 0 Å². The number of benzene rings is 1. The zero-order valence-corrected chi connectivity index (χ0v) is 8.64. The average molecular weight is 209 g/mol. The van der Waals surface area contributed by atoms with E-state index in [9.17, 15) is 5.11 Å². The molecule has 2 rings (SSSR count). The minimum absolute atomic E-state index is 0.279. The van der Waals surface area contributed by atoms with Gasteiger partial charge in [0.15, 0.2) is 11.5 Å². The van der Waals surface area contributed by atoms with Crippen LogP contribution >= 0.6 is 0 Å². The van der Waals surface area contributed by atoms with Gasteiger partial charge in [-0.3, -0.25) is 0 Å². The molecule has 0 aromatic heterocycles. The molecule has 0 fully saturated rings. The molecule has 1 aromatic rings. The first-order valence-electron chi connectivity index (χ1n) is 4.97. The van der Waals surface area contributed by atoms with Crippen molar-refractivity contribution in [2.24, 2.45) is 5.73 Å². The molecular weight excluding hydrogens is 194 g/mol. The SMILES string of the molecule is COc1cccc2c1OCC[C@H](N)[C@H]2O. The molecule has 4 nitrogen and oxygen atoms in total. The van der Waals surface area contributed by atoms with Crippen molar-refractivity contribution in [1.82, 2.24) is 0 Å². The lowest BCUT2D eigenvalue weighted by atomic mass is 10.0. The van der Waals surface area contributed by atoms with E-state index in [1.54, 1.807) is 7.11 Å². The first-order chi connectivity index (χ1) is 7.24. The largest absolute Gasteiger partial charge is 0.493 e. The van der Waals surface area contributed by atoms with Crippen molar-refractivity contribution < 1.29 is 14.6 Å². The molecule has 0 amide bonds. The second-order valence-electron chi connectivity index (χ2n) is 3.62. The summed E-state index contributed by atoms with van der Waals surface area (Å²) in [7, 11) is 1.58. The highest BCUT2D eigenvalue weighted by molar-refractivity contribution is 5.48. The van der Waals surface area contributed by atoms with E-state index in [1.807, 2.05) is 18.2 Å². The highest BCUT2D eigenvalue weighted by atomic mass is 16.5. The third-order valence-corrected chi connectivity index (χ3v) is 2.65. The third kappa shape index (κ3) is 1.78. The van der Waals surface area contributed by atoms with Crippen LogP contribution in [-0.2, 0) is 0 Å². The van der Waals surface area contributed by atoms with Crippen LogP contribution in [0.2, 0.25) is 0 Å². The predicted octanol–water partition coefficient (Wildman–Crippen LogP) is 0.838. The Balaban J connectivity index is 2.47. The highest BCUT2D eigenvalue weighted by Gasteiger charge is 2.26. The Morgan fingerprint density at radius 3 is 3.07 bits per heavy atom. The Kier molecular flexibility index (Phi) is 2.79. The van der Waals surface area contributed by atoms with Crippen molar-refractivity contribution in [2.75, 3.05) is 13.7 Å². The number of aliphatic hydroxyl groups is 1. The Labute approximate surface area is 88.6 Å². The average Bonchev–Trinajstić information content (AvgIpc) is 2.40. The summed E-state index contributed by atoms with van der Waals surface area (Å²) < 4.78 is 10.7.